The highest BCUT2D eigenvalue weighted by Crippen LogP contribution is 2.26. The summed E-state index contributed by atoms with van der Waals surface area (Å²) in [5.74, 6) is 0. The molecule has 3 N–H and O–H groups in total. The second-order valence-corrected chi connectivity index (χ2v) is 7.54. The number of nitrogens with two attached hydrogens (primary N) is 1. The van der Waals surface area contributed by atoms with Crippen molar-refractivity contribution in [1.82, 2.24) is 0 Å². The predicted octanol–water partition coefficient (Wildman–Crippen LogP) is 3.76. The SMILES string of the molecule is Cc1ccc(NS(=O)(=O)c2cc(N)cc(C)c2C)cc1Br. The molecular formula is C15H17BrN2O2S. The van der Waals surface area contributed by atoms with Crippen molar-refractivity contribution in [2.75, 3.05) is 10.5 Å². The maximum atomic E-state index is 12.5. The van der Waals surface area contributed by atoms with Crippen molar-refractivity contribution in [2.24, 2.45) is 0 Å². The summed E-state index contributed by atoms with van der Waals surface area (Å²) in [7, 11) is -3.67. The molecule has 2 rings (SSSR count). The zero-order chi connectivity index (χ0) is 15.8. The number of rotatable bonds is 3. The van der Waals surface area contributed by atoms with Crippen molar-refractivity contribution in [1.29, 1.82) is 0 Å². The van der Waals surface area contributed by atoms with Crippen LogP contribution in [0.4, 0.5) is 11.4 Å². The van der Waals surface area contributed by atoms with Crippen molar-refractivity contribution >= 4 is 37.3 Å². The Morgan fingerprint density at radius 3 is 2.33 bits per heavy atom. The van der Waals surface area contributed by atoms with Crippen molar-refractivity contribution in [3.05, 3.63) is 51.5 Å². The number of anilines is 2. The standard InChI is InChI=1S/C15H17BrN2O2S/c1-9-4-5-13(8-14(9)16)18-21(19,20)15-7-12(17)6-10(2)11(15)3/h4-8,18H,17H2,1-3H3. The van der Waals surface area contributed by atoms with E-state index < -0.39 is 10.0 Å². The van der Waals surface area contributed by atoms with Gasteiger partial charge in [-0.2, -0.15) is 0 Å². The van der Waals surface area contributed by atoms with Gasteiger partial charge in [0, 0.05) is 15.8 Å². The monoisotopic (exact) mass is 368 g/mol. The highest BCUT2D eigenvalue weighted by molar-refractivity contribution is 9.10. The largest absolute Gasteiger partial charge is 0.399 e. The summed E-state index contributed by atoms with van der Waals surface area (Å²) in [5.41, 5.74) is 9.28. The van der Waals surface area contributed by atoms with Gasteiger partial charge < -0.3 is 5.73 Å². The first-order valence-electron chi connectivity index (χ1n) is 6.36. The van der Waals surface area contributed by atoms with Crippen LogP contribution in [-0.4, -0.2) is 8.42 Å². The third kappa shape index (κ3) is 3.39. The van der Waals surface area contributed by atoms with E-state index in [2.05, 4.69) is 20.7 Å². The molecule has 112 valence electrons. The van der Waals surface area contributed by atoms with Gasteiger partial charge in [0.2, 0.25) is 0 Å². The summed E-state index contributed by atoms with van der Waals surface area (Å²) in [4.78, 5) is 0.205. The lowest BCUT2D eigenvalue weighted by Crippen LogP contribution is -2.15. The quantitative estimate of drug-likeness (QED) is 0.810. The average molecular weight is 369 g/mol. The van der Waals surface area contributed by atoms with Crippen LogP contribution in [0.15, 0.2) is 39.7 Å². The van der Waals surface area contributed by atoms with E-state index in [1.165, 1.54) is 6.07 Å². The Morgan fingerprint density at radius 2 is 1.71 bits per heavy atom. The smallest absolute Gasteiger partial charge is 0.262 e. The van der Waals surface area contributed by atoms with Gasteiger partial charge in [-0.15, -0.1) is 0 Å². The summed E-state index contributed by atoms with van der Waals surface area (Å²) in [6, 6.07) is 8.55. The highest BCUT2D eigenvalue weighted by atomic mass is 79.9. The second kappa shape index (κ2) is 5.69. The number of hydrogen-bond donors (Lipinski definition) is 2. The average Bonchev–Trinajstić information content (AvgIpc) is 2.37. The van der Waals surface area contributed by atoms with Crippen LogP contribution in [0, 0.1) is 20.8 Å². The van der Waals surface area contributed by atoms with Gasteiger partial charge in [0.15, 0.2) is 0 Å². The number of aryl methyl sites for hydroxylation is 2. The maximum absolute atomic E-state index is 12.5. The number of sulfonamides is 1. The molecule has 0 fully saturated rings. The molecule has 0 heterocycles. The van der Waals surface area contributed by atoms with E-state index in [-0.39, 0.29) is 4.90 Å². The molecule has 0 aromatic heterocycles. The molecule has 2 aromatic carbocycles. The van der Waals surface area contributed by atoms with Crippen LogP contribution in [0.25, 0.3) is 0 Å². The number of benzene rings is 2. The van der Waals surface area contributed by atoms with Crippen LogP contribution in [-0.2, 0) is 10.0 Å². The van der Waals surface area contributed by atoms with E-state index in [0.29, 0.717) is 16.9 Å². The molecule has 0 aliphatic carbocycles. The van der Waals surface area contributed by atoms with Crippen LogP contribution < -0.4 is 10.5 Å². The summed E-state index contributed by atoms with van der Waals surface area (Å²) >= 11 is 3.39. The van der Waals surface area contributed by atoms with Gasteiger partial charge in [0.25, 0.3) is 10.0 Å². The fraction of sp³-hybridized carbons (Fsp3) is 0.200. The van der Waals surface area contributed by atoms with E-state index in [0.717, 1.165) is 15.6 Å². The van der Waals surface area contributed by atoms with E-state index in [9.17, 15) is 8.42 Å². The number of nitrogen functional groups attached to an aromatic ring is 1. The molecule has 6 heteroatoms. The molecule has 21 heavy (non-hydrogen) atoms. The fourth-order valence-corrected chi connectivity index (χ4v) is 3.78. The summed E-state index contributed by atoms with van der Waals surface area (Å²) < 4.78 is 28.5. The third-order valence-corrected chi connectivity index (χ3v) is 5.72. The Balaban J connectivity index is 2.45. The molecule has 0 aliphatic rings. The third-order valence-electron chi connectivity index (χ3n) is 3.36. The van der Waals surface area contributed by atoms with E-state index in [4.69, 9.17) is 5.73 Å². The molecular weight excluding hydrogens is 352 g/mol. The Hall–Kier alpha value is -1.53. The number of halogens is 1. The van der Waals surface area contributed by atoms with Crippen molar-refractivity contribution in [3.63, 3.8) is 0 Å². The summed E-state index contributed by atoms with van der Waals surface area (Å²) in [6.07, 6.45) is 0. The topological polar surface area (TPSA) is 72.2 Å². The Bertz CT molecular complexity index is 802. The summed E-state index contributed by atoms with van der Waals surface area (Å²) in [6.45, 7) is 5.55. The van der Waals surface area contributed by atoms with E-state index in [1.54, 1.807) is 25.1 Å². The van der Waals surface area contributed by atoms with Gasteiger partial charge in [-0.3, -0.25) is 4.72 Å². The maximum Gasteiger partial charge on any atom is 0.262 e. The molecule has 0 spiro atoms. The highest BCUT2D eigenvalue weighted by Gasteiger charge is 2.19. The van der Waals surface area contributed by atoms with Gasteiger partial charge in [0.05, 0.1) is 4.90 Å². The Morgan fingerprint density at radius 1 is 1.05 bits per heavy atom. The van der Waals surface area contributed by atoms with Crippen molar-refractivity contribution < 1.29 is 8.42 Å². The minimum absolute atomic E-state index is 0.205. The van der Waals surface area contributed by atoms with Gasteiger partial charge in [-0.05, 0) is 61.7 Å². The second-order valence-electron chi connectivity index (χ2n) is 5.03. The Labute approximate surface area is 133 Å². The zero-order valence-corrected chi connectivity index (χ0v) is 14.5. The van der Waals surface area contributed by atoms with Gasteiger partial charge in [0.1, 0.15) is 0 Å². The molecule has 0 saturated carbocycles. The van der Waals surface area contributed by atoms with E-state index in [1.807, 2.05) is 19.9 Å². The van der Waals surface area contributed by atoms with Gasteiger partial charge >= 0.3 is 0 Å². The molecule has 4 nitrogen and oxygen atoms in total. The van der Waals surface area contributed by atoms with Gasteiger partial charge in [-0.1, -0.05) is 22.0 Å². The lowest BCUT2D eigenvalue weighted by Gasteiger charge is -2.13. The van der Waals surface area contributed by atoms with Crippen molar-refractivity contribution in [3.8, 4) is 0 Å². The van der Waals surface area contributed by atoms with E-state index >= 15 is 0 Å². The van der Waals surface area contributed by atoms with Crippen LogP contribution in [0.5, 0.6) is 0 Å². The molecule has 0 unspecified atom stereocenters. The zero-order valence-electron chi connectivity index (χ0n) is 12.1. The molecule has 0 amide bonds. The fourth-order valence-electron chi connectivity index (χ4n) is 2.00. The summed E-state index contributed by atoms with van der Waals surface area (Å²) in [5, 5.41) is 0. The normalized spacial score (nSPS) is 11.4. The molecule has 0 atom stereocenters. The van der Waals surface area contributed by atoms with Crippen molar-refractivity contribution in [2.45, 2.75) is 25.7 Å². The van der Waals surface area contributed by atoms with Crippen LogP contribution in [0.2, 0.25) is 0 Å². The molecule has 0 aliphatic heterocycles. The minimum Gasteiger partial charge on any atom is -0.399 e. The van der Waals surface area contributed by atoms with Crippen LogP contribution >= 0.6 is 15.9 Å². The predicted molar refractivity (Wildman–Crippen MR) is 90.0 cm³/mol. The first kappa shape index (κ1) is 15.9. The van der Waals surface area contributed by atoms with Crippen LogP contribution in [0.3, 0.4) is 0 Å². The molecule has 0 radical (unpaired) electrons. The molecule has 0 saturated heterocycles. The number of hydrogen-bond acceptors (Lipinski definition) is 3. The first-order valence-corrected chi connectivity index (χ1v) is 8.64. The Kier molecular flexibility index (Phi) is 4.30. The lowest BCUT2D eigenvalue weighted by molar-refractivity contribution is 0.600. The first-order chi connectivity index (χ1) is 9.70. The molecule has 2 aromatic rings. The lowest BCUT2D eigenvalue weighted by atomic mass is 10.1. The van der Waals surface area contributed by atoms with Crippen LogP contribution in [0.1, 0.15) is 16.7 Å². The van der Waals surface area contributed by atoms with Gasteiger partial charge in [-0.25, -0.2) is 8.42 Å². The number of nitrogens with one attached hydrogen (secondary N) is 1. The minimum atomic E-state index is -3.67. The molecule has 0 bridgehead atoms.